The van der Waals surface area contributed by atoms with Gasteiger partial charge in [-0.1, -0.05) is 37.6 Å². The lowest BCUT2D eigenvalue weighted by atomic mass is 9.79. The van der Waals surface area contributed by atoms with Crippen LogP contribution in [0.15, 0.2) is 18.2 Å². The van der Waals surface area contributed by atoms with Crippen LogP contribution >= 0.6 is 0 Å². The number of fused-ring (bicyclic) bond motifs is 1. The van der Waals surface area contributed by atoms with Gasteiger partial charge in [0.2, 0.25) is 0 Å². The van der Waals surface area contributed by atoms with Gasteiger partial charge in [0, 0.05) is 6.54 Å². The fourth-order valence-corrected chi connectivity index (χ4v) is 2.29. The summed E-state index contributed by atoms with van der Waals surface area (Å²) < 4.78 is 0. The first-order chi connectivity index (χ1) is 6.59. The molecule has 0 atom stereocenters. The van der Waals surface area contributed by atoms with E-state index in [9.17, 15) is 0 Å². The molecule has 1 heterocycles. The summed E-state index contributed by atoms with van der Waals surface area (Å²) >= 11 is 0. The van der Waals surface area contributed by atoms with Crippen molar-refractivity contribution >= 4 is 0 Å². The summed E-state index contributed by atoms with van der Waals surface area (Å²) in [6, 6.07) is 6.85. The van der Waals surface area contributed by atoms with Crippen LogP contribution in [0.3, 0.4) is 0 Å². The van der Waals surface area contributed by atoms with E-state index in [1.165, 1.54) is 23.1 Å². The van der Waals surface area contributed by atoms with Crippen LogP contribution in [0.4, 0.5) is 0 Å². The first-order valence-electron chi connectivity index (χ1n) is 5.40. The second-order valence-corrected chi connectivity index (χ2v) is 4.97. The predicted molar refractivity (Wildman–Crippen MR) is 60.5 cm³/mol. The topological polar surface area (TPSA) is 12.0 Å². The molecule has 1 N–H and O–H groups in total. The van der Waals surface area contributed by atoms with Gasteiger partial charge in [-0.15, -0.1) is 0 Å². The number of nitrogens with one attached hydrogen (secondary N) is 1. The van der Waals surface area contributed by atoms with Gasteiger partial charge in [0.05, 0.1) is 0 Å². The molecular formula is C13H19N. The van der Waals surface area contributed by atoms with Crippen molar-refractivity contribution in [3.05, 3.63) is 34.9 Å². The number of hydrogen-bond donors (Lipinski definition) is 1. The summed E-state index contributed by atoms with van der Waals surface area (Å²) in [5, 5.41) is 3.49. The van der Waals surface area contributed by atoms with E-state index in [1.807, 2.05) is 0 Å². The van der Waals surface area contributed by atoms with Gasteiger partial charge in [-0.2, -0.15) is 0 Å². The monoisotopic (exact) mass is 189 g/mol. The largest absolute Gasteiger partial charge is 0.313 e. The van der Waals surface area contributed by atoms with Gasteiger partial charge in [-0.05, 0) is 36.4 Å². The van der Waals surface area contributed by atoms with E-state index in [-0.39, 0.29) is 0 Å². The first kappa shape index (κ1) is 9.72. The van der Waals surface area contributed by atoms with Crippen LogP contribution in [0.2, 0.25) is 0 Å². The van der Waals surface area contributed by atoms with Crippen molar-refractivity contribution < 1.29 is 0 Å². The van der Waals surface area contributed by atoms with Crippen molar-refractivity contribution in [1.29, 1.82) is 0 Å². The summed E-state index contributed by atoms with van der Waals surface area (Å²) in [7, 11) is 0. The van der Waals surface area contributed by atoms with E-state index < -0.39 is 0 Å². The van der Waals surface area contributed by atoms with E-state index in [0.29, 0.717) is 5.41 Å². The van der Waals surface area contributed by atoms with Gasteiger partial charge in [-0.3, -0.25) is 0 Å². The van der Waals surface area contributed by atoms with Crippen LogP contribution in [-0.2, 0) is 12.0 Å². The van der Waals surface area contributed by atoms with E-state index in [1.54, 1.807) is 0 Å². The summed E-state index contributed by atoms with van der Waals surface area (Å²) in [6.07, 6.45) is 1.23. The molecule has 0 unspecified atom stereocenters. The lowest BCUT2D eigenvalue weighted by molar-refractivity contribution is 0.477. The minimum atomic E-state index is 0.326. The Bertz CT molecular complexity index is 339. The number of hydrogen-bond acceptors (Lipinski definition) is 1. The second kappa shape index (κ2) is 3.39. The lowest BCUT2D eigenvalue weighted by Crippen LogP contribution is -2.20. The van der Waals surface area contributed by atoms with E-state index in [4.69, 9.17) is 0 Å². The summed E-state index contributed by atoms with van der Waals surface area (Å²) in [5.74, 6) is 0. The Balaban J connectivity index is 2.50. The summed E-state index contributed by atoms with van der Waals surface area (Å²) in [4.78, 5) is 0. The minimum absolute atomic E-state index is 0.326. The molecule has 0 bridgehead atoms. The van der Waals surface area contributed by atoms with Gasteiger partial charge < -0.3 is 5.32 Å². The van der Waals surface area contributed by atoms with Crippen molar-refractivity contribution in [3.8, 4) is 0 Å². The Kier molecular flexibility index (Phi) is 2.36. The molecule has 0 saturated heterocycles. The Morgan fingerprint density at radius 1 is 1.29 bits per heavy atom. The zero-order chi connectivity index (χ0) is 10.2. The number of benzene rings is 1. The molecule has 2 rings (SSSR count). The quantitative estimate of drug-likeness (QED) is 0.661. The van der Waals surface area contributed by atoms with Crippen molar-refractivity contribution in [2.24, 2.45) is 0 Å². The zero-order valence-electron chi connectivity index (χ0n) is 9.35. The van der Waals surface area contributed by atoms with Crippen LogP contribution in [0.25, 0.3) is 0 Å². The highest BCUT2D eigenvalue weighted by Gasteiger charge is 2.25. The van der Waals surface area contributed by atoms with Crippen molar-refractivity contribution in [1.82, 2.24) is 5.32 Å². The highest BCUT2D eigenvalue weighted by atomic mass is 14.9. The van der Waals surface area contributed by atoms with Crippen LogP contribution in [-0.4, -0.2) is 6.54 Å². The molecule has 1 aromatic rings. The van der Waals surface area contributed by atoms with Crippen LogP contribution in [0.1, 0.15) is 37.0 Å². The van der Waals surface area contributed by atoms with Gasteiger partial charge >= 0.3 is 0 Å². The molecule has 76 valence electrons. The smallest absolute Gasteiger partial charge is 0.0208 e. The van der Waals surface area contributed by atoms with Crippen LogP contribution < -0.4 is 5.32 Å². The average Bonchev–Trinajstić information content (AvgIpc) is 2.25. The number of rotatable bonds is 0. The molecule has 0 fully saturated rings. The third-order valence-electron chi connectivity index (χ3n) is 3.23. The Morgan fingerprint density at radius 3 is 2.86 bits per heavy atom. The summed E-state index contributed by atoms with van der Waals surface area (Å²) in [5.41, 5.74) is 4.69. The maximum atomic E-state index is 3.49. The zero-order valence-corrected chi connectivity index (χ0v) is 9.35. The highest BCUT2D eigenvalue weighted by Crippen LogP contribution is 2.31. The van der Waals surface area contributed by atoms with E-state index >= 15 is 0 Å². The maximum Gasteiger partial charge on any atom is 0.0208 e. The third kappa shape index (κ3) is 1.69. The van der Waals surface area contributed by atoms with Crippen LogP contribution in [0, 0.1) is 6.92 Å². The summed E-state index contributed by atoms with van der Waals surface area (Å²) in [6.45, 7) is 9.00. The first-order valence-corrected chi connectivity index (χ1v) is 5.40. The van der Waals surface area contributed by atoms with Gasteiger partial charge in [-0.25, -0.2) is 0 Å². The van der Waals surface area contributed by atoms with E-state index in [0.717, 1.165) is 13.1 Å². The second-order valence-electron chi connectivity index (χ2n) is 4.97. The standard InChI is InChI=1S/C13H19N/c1-10-4-5-12-11(8-10)9-14-7-6-13(12,2)3/h4-5,8,14H,6-7,9H2,1-3H3. The fraction of sp³-hybridized carbons (Fsp3) is 0.538. The lowest BCUT2D eigenvalue weighted by Gasteiger charge is -2.25. The van der Waals surface area contributed by atoms with Gasteiger partial charge in [0.1, 0.15) is 0 Å². The average molecular weight is 189 g/mol. The SMILES string of the molecule is Cc1ccc2c(c1)CNCCC2(C)C. The minimum Gasteiger partial charge on any atom is -0.313 e. The maximum absolute atomic E-state index is 3.49. The normalized spacial score (nSPS) is 19.9. The van der Waals surface area contributed by atoms with Crippen LogP contribution in [0.5, 0.6) is 0 Å². The molecule has 0 radical (unpaired) electrons. The molecule has 1 nitrogen and oxygen atoms in total. The fourth-order valence-electron chi connectivity index (χ4n) is 2.29. The molecule has 0 aromatic heterocycles. The predicted octanol–water partition coefficient (Wildman–Crippen LogP) is 2.77. The molecule has 0 amide bonds. The van der Waals surface area contributed by atoms with Crippen molar-refractivity contribution in [2.45, 2.75) is 39.2 Å². The molecule has 1 aliphatic rings. The molecule has 0 saturated carbocycles. The van der Waals surface area contributed by atoms with E-state index in [2.05, 4.69) is 44.3 Å². The van der Waals surface area contributed by atoms with Crippen molar-refractivity contribution in [3.63, 3.8) is 0 Å². The Morgan fingerprint density at radius 2 is 2.07 bits per heavy atom. The van der Waals surface area contributed by atoms with Crippen molar-refractivity contribution in [2.75, 3.05) is 6.54 Å². The number of aryl methyl sites for hydroxylation is 1. The molecule has 1 heteroatoms. The Hall–Kier alpha value is -0.820. The molecule has 14 heavy (non-hydrogen) atoms. The highest BCUT2D eigenvalue weighted by molar-refractivity contribution is 5.37. The molecule has 1 aromatic carbocycles. The molecule has 0 aliphatic carbocycles. The third-order valence-corrected chi connectivity index (χ3v) is 3.23. The molecule has 1 aliphatic heterocycles. The van der Waals surface area contributed by atoms with Gasteiger partial charge in [0.25, 0.3) is 0 Å². The Labute approximate surface area is 86.5 Å². The van der Waals surface area contributed by atoms with Gasteiger partial charge in [0.15, 0.2) is 0 Å². The molecule has 0 spiro atoms. The molecular weight excluding hydrogens is 170 g/mol.